The van der Waals surface area contributed by atoms with E-state index in [1.807, 2.05) is 55.5 Å². The van der Waals surface area contributed by atoms with Crippen molar-refractivity contribution in [2.24, 2.45) is 0 Å². The summed E-state index contributed by atoms with van der Waals surface area (Å²) in [5, 5.41) is 3.77. The molecule has 2 heterocycles. The Labute approximate surface area is 543 Å². The van der Waals surface area contributed by atoms with Gasteiger partial charge in [-0.3, -0.25) is 12.9 Å². The van der Waals surface area contributed by atoms with Gasteiger partial charge in [0.15, 0.2) is 14.7 Å². The first-order chi connectivity index (χ1) is 41.4. The van der Waals surface area contributed by atoms with Crippen molar-refractivity contribution in [2.75, 3.05) is 22.9 Å². The lowest BCUT2D eigenvalue weighted by Gasteiger charge is -2.26. The second kappa shape index (κ2) is 30.3. The van der Waals surface area contributed by atoms with Crippen molar-refractivity contribution in [3.8, 4) is 0 Å². The van der Waals surface area contributed by atoms with Gasteiger partial charge in [0.25, 0.3) is 0 Å². The number of anilines is 2. The molecule has 0 atom stereocenters. The first-order valence-corrected chi connectivity index (χ1v) is 32.7. The van der Waals surface area contributed by atoms with Gasteiger partial charge in [-0.2, -0.15) is 4.58 Å². The molecule has 88 heavy (non-hydrogen) atoms. The Balaban J connectivity index is 0.000000237. The Kier molecular flexibility index (Phi) is 23.8. The fraction of sp³-hybridized carbons (Fsp3) is 0.186. The third-order valence-electron chi connectivity index (χ3n) is 15.2. The lowest BCUT2D eigenvalue weighted by molar-refractivity contribution is -0.0000241. The Morgan fingerprint density at radius 2 is 0.852 bits per heavy atom. The summed E-state index contributed by atoms with van der Waals surface area (Å²) in [6.07, 6.45) is 11.4. The average Bonchev–Trinajstić information content (AvgIpc) is 1.76. The highest BCUT2D eigenvalue weighted by molar-refractivity contribution is 7.97. The number of nitrogens with zero attached hydrogens (tertiary/aromatic N) is 3. The fourth-order valence-electron chi connectivity index (χ4n) is 11.0. The van der Waals surface area contributed by atoms with Crippen LogP contribution in [0.5, 0.6) is 0 Å². The fourth-order valence-corrected chi connectivity index (χ4v) is 14.3. The van der Waals surface area contributed by atoms with E-state index in [1.165, 1.54) is 77.6 Å². The molecule has 11 rings (SSSR count). The molecule has 1 aliphatic carbocycles. The molecular formula is C70H65BCl5F4N3O3S2. The molecule has 2 aliphatic heterocycles. The lowest BCUT2D eigenvalue weighted by atomic mass is 9.83. The minimum Gasteiger partial charge on any atom is -1.00 e. The van der Waals surface area contributed by atoms with Gasteiger partial charge in [0.2, 0.25) is 17.1 Å². The predicted octanol–water partition coefficient (Wildman–Crippen LogP) is 17.8. The normalized spacial score (nSPS) is 16.3. The maximum atomic E-state index is 10.4. The van der Waals surface area contributed by atoms with E-state index in [4.69, 9.17) is 58.0 Å². The zero-order valence-electron chi connectivity index (χ0n) is 49.5. The van der Waals surface area contributed by atoms with Crippen molar-refractivity contribution in [2.45, 2.75) is 91.7 Å². The molecule has 3 aliphatic rings. The van der Waals surface area contributed by atoms with Crippen molar-refractivity contribution in [3.05, 3.63) is 283 Å². The van der Waals surface area contributed by atoms with Crippen molar-refractivity contribution in [1.82, 2.24) is 4.58 Å². The summed E-state index contributed by atoms with van der Waals surface area (Å²) in [6, 6.07) is 63.8. The van der Waals surface area contributed by atoms with E-state index < -0.39 is 17.7 Å². The maximum Gasteiger partial charge on any atom is 0.762 e. The summed E-state index contributed by atoms with van der Waals surface area (Å²) in [5.41, 5.74) is 14.4. The maximum absolute atomic E-state index is 10.4. The molecule has 0 spiro atoms. The Morgan fingerprint density at radius 1 is 0.523 bits per heavy atom. The second-order valence-corrected chi connectivity index (χ2v) is 27.2. The Hall–Kier alpha value is -6.52. The number of allylic oxidation sites excluding steroid dienone is 8. The number of halogens is 9. The van der Waals surface area contributed by atoms with Gasteiger partial charge < -0.3 is 19.1 Å². The Bertz CT molecular complexity index is 3730. The molecule has 0 radical (unpaired) electrons. The predicted molar refractivity (Wildman–Crippen MR) is 361 cm³/mol. The Morgan fingerprint density at radius 3 is 1.17 bits per heavy atom. The number of fused-ring (bicyclic) bond motifs is 2. The standard InChI is InChI=1S/C45H46Cl2N3.C18H12Cl3S.C7H8O3S.BF3.FH/c1-7-48-39-25-23-33(46)29-37(39)44(3,4)41(48)27-21-31-19-20-32(43(31)50(35-15-11-9-12-16-35)36-17-13-10-14-18-36)22-28-42-45(5,6)38-30-34(47)24-26-40(38)49(42)8-2;19-13-1-7-16(8-2-13)22(17-9-3-14(20)4-10-17)18-11-5-15(21)6-12-18;1-6-2-4-7(5-3-6)11(8,9)10;2-1(3)4;/h9-18,21-30H,7-8,19-20H2,1-6H3;1-12H;2-5H,1H3,(H,8,9,10);;1H/q2*+1;;;/p-2. The minimum atomic E-state index is -4.27. The third-order valence-corrected chi connectivity index (χ3v) is 19.5. The summed E-state index contributed by atoms with van der Waals surface area (Å²) in [5.74, 6) is 0. The molecular weight excluding hydrogens is 1260 g/mol. The molecule has 6 nitrogen and oxygen atoms in total. The molecule has 0 bridgehead atoms. The molecule has 0 N–H and O–H groups in total. The summed E-state index contributed by atoms with van der Waals surface area (Å²) in [7, 11) is -8.15. The van der Waals surface area contributed by atoms with Crippen LogP contribution in [0.25, 0.3) is 0 Å². The molecule has 0 saturated heterocycles. The van der Waals surface area contributed by atoms with Crippen LogP contribution in [0.3, 0.4) is 0 Å². The van der Waals surface area contributed by atoms with Crippen LogP contribution in [-0.4, -0.2) is 39.3 Å². The molecule has 0 aromatic heterocycles. The van der Waals surface area contributed by atoms with E-state index in [9.17, 15) is 25.9 Å². The summed E-state index contributed by atoms with van der Waals surface area (Å²) in [4.78, 5) is 8.31. The van der Waals surface area contributed by atoms with Crippen molar-refractivity contribution in [3.63, 3.8) is 0 Å². The molecule has 0 unspecified atom stereocenters. The third kappa shape index (κ3) is 16.5. The van der Waals surface area contributed by atoms with E-state index in [-0.39, 0.29) is 31.3 Å². The van der Waals surface area contributed by atoms with Gasteiger partial charge in [0.05, 0.1) is 15.8 Å². The molecule has 1 saturated carbocycles. The zero-order valence-corrected chi connectivity index (χ0v) is 54.9. The van der Waals surface area contributed by atoms with Crippen LogP contribution in [0.4, 0.5) is 35.7 Å². The van der Waals surface area contributed by atoms with Gasteiger partial charge in [-0.25, -0.2) is 8.42 Å². The van der Waals surface area contributed by atoms with Gasteiger partial charge in [0, 0.05) is 107 Å². The monoisotopic (exact) mass is 1320 g/mol. The number of hydrogen-bond donors (Lipinski definition) is 0. The molecule has 456 valence electrons. The molecule has 8 aromatic carbocycles. The van der Waals surface area contributed by atoms with E-state index in [0.29, 0.717) is 0 Å². The number of hydrogen-bond acceptors (Lipinski definition) is 5. The van der Waals surface area contributed by atoms with Gasteiger partial charge in [0.1, 0.15) is 10.1 Å². The highest BCUT2D eigenvalue weighted by Crippen LogP contribution is 2.50. The summed E-state index contributed by atoms with van der Waals surface area (Å²) in [6.45, 7) is 17.3. The first kappa shape index (κ1) is 69.0. The zero-order chi connectivity index (χ0) is 62.8. The van der Waals surface area contributed by atoms with E-state index >= 15 is 0 Å². The number of benzene rings is 8. The number of para-hydroxylation sites is 2. The average molecular weight is 1320 g/mol. The van der Waals surface area contributed by atoms with Gasteiger partial charge in [-0.05, 0) is 178 Å². The quantitative estimate of drug-likeness (QED) is 0.0449. The highest BCUT2D eigenvalue weighted by Gasteiger charge is 2.42. The minimum absolute atomic E-state index is 0. The summed E-state index contributed by atoms with van der Waals surface area (Å²) < 4.78 is 62.6. The first-order valence-electron chi connectivity index (χ1n) is 28.1. The topological polar surface area (TPSA) is 66.7 Å². The number of likely N-dealkylation sites (N-methyl/N-ethyl adjacent to an activating group) is 2. The molecule has 0 amide bonds. The largest absolute Gasteiger partial charge is 1.00 e. The van der Waals surface area contributed by atoms with Gasteiger partial charge in [-0.15, -0.1) is 0 Å². The van der Waals surface area contributed by atoms with Gasteiger partial charge >= 0.3 is 7.54 Å². The molecule has 1 fully saturated rings. The van der Waals surface area contributed by atoms with Crippen LogP contribution in [0, 0.1) is 6.92 Å². The lowest BCUT2D eigenvalue weighted by Crippen LogP contribution is -3.00. The SMILES string of the molecule is CCN1C(=CC=C2CC/C(=C\C=C3\N(CC)c4ccc(Cl)cc4C3(C)C)C2=[N+](c2ccccc2)c2ccccc2)C(C)(C)c2cc(Cl)ccc21.Cc1ccc(S(=O)(=O)[O-])cc1.Clc1ccc([S+](c2ccc(Cl)cc2)c2ccc(Cl)cc2)cc1.FB(F)F.[F-]. The van der Waals surface area contributed by atoms with E-state index in [1.54, 1.807) is 12.1 Å². The second-order valence-electron chi connectivity index (χ2n) is 21.6. The highest BCUT2D eigenvalue weighted by atomic mass is 35.5. The van der Waals surface area contributed by atoms with E-state index in [0.717, 1.165) is 68.0 Å². The van der Waals surface area contributed by atoms with Crippen LogP contribution < -0.4 is 19.1 Å². The van der Waals surface area contributed by atoms with Crippen LogP contribution in [0.15, 0.2) is 261 Å². The van der Waals surface area contributed by atoms with Crippen LogP contribution in [-0.2, 0) is 31.8 Å². The van der Waals surface area contributed by atoms with Crippen LogP contribution >= 0.6 is 58.0 Å². The van der Waals surface area contributed by atoms with Crippen molar-refractivity contribution in [1.29, 1.82) is 0 Å². The van der Waals surface area contributed by atoms with Crippen molar-refractivity contribution >= 4 is 115 Å². The van der Waals surface area contributed by atoms with Crippen molar-refractivity contribution < 1.29 is 30.6 Å². The number of aryl methyl sites for hydroxylation is 1. The molecule has 8 aromatic rings. The molecule has 18 heteroatoms. The van der Waals surface area contributed by atoms with Gasteiger partial charge in [-0.1, -0.05) is 152 Å². The van der Waals surface area contributed by atoms with E-state index in [2.05, 4.69) is 202 Å². The smallest absolute Gasteiger partial charge is 0.762 e. The van der Waals surface area contributed by atoms with Crippen LogP contribution in [0.2, 0.25) is 25.1 Å². The summed E-state index contributed by atoms with van der Waals surface area (Å²) >= 11 is 31.1. The van der Waals surface area contributed by atoms with Crippen LogP contribution in [0.1, 0.15) is 71.1 Å². The number of rotatable bonds is 10.